The van der Waals surface area contributed by atoms with Gasteiger partial charge in [0.05, 0.1) is 18.9 Å². The second-order valence-electron chi connectivity index (χ2n) is 5.64. The first kappa shape index (κ1) is 13.4. The van der Waals surface area contributed by atoms with Gasteiger partial charge in [-0.25, -0.2) is 0 Å². The van der Waals surface area contributed by atoms with Crippen LogP contribution in [0.1, 0.15) is 53.2 Å². The highest BCUT2D eigenvalue weighted by atomic mass is 16.5. The molecule has 0 aliphatic carbocycles. The maximum Gasteiger partial charge on any atom is 0.270 e. The summed E-state index contributed by atoms with van der Waals surface area (Å²) in [6.07, 6.45) is 2.12. The fraction of sp³-hybridized carbons (Fsp3) is 0.600. The van der Waals surface area contributed by atoms with Gasteiger partial charge in [0.15, 0.2) is 5.78 Å². The zero-order valence-electron chi connectivity index (χ0n) is 12.0. The van der Waals surface area contributed by atoms with Crippen molar-refractivity contribution in [3.8, 4) is 0 Å². The molecule has 1 aromatic rings. The van der Waals surface area contributed by atoms with Crippen LogP contribution in [0.25, 0.3) is 0 Å². The molecular weight excluding hydrogens is 256 g/mol. The minimum Gasteiger partial charge on any atom is -0.373 e. The smallest absolute Gasteiger partial charge is 0.270 e. The Balaban J connectivity index is 2.01. The van der Waals surface area contributed by atoms with E-state index in [4.69, 9.17) is 4.74 Å². The van der Waals surface area contributed by atoms with E-state index in [-0.39, 0.29) is 17.7 Å². The standard InChI is InChI=1S/C15H20N2O3/c1-10-4-3-5-16(10)15(19)13-8-12(11(2)18)14-9-20-7-6-17(13)14/h8,10H,3-7,9H2,1-2H3/t10-/m0/s1. The lowest BCUT2D eigenvalue weighted by Gasteiger charge is -2.24. The van der Waals surface area contributed by atoms with Gasteiger partial charge in [0.25, 0.3) is 5.91 Å². The SMILES string of the molecule is CC(=O)c1cc(C(=O)N2CCC[C@@H]2C)n2c1COCC2. The van der Waals surface area contributed by atoms with E-state index in [0.717, 1.165) is 25.1 Å². The molecule has 2 aliphatic rings. The average Bonchev–Trinajstić information content (AvgIpc) is 3.01. The first-order valence-corrected chi connectivity index (χ1v) is 7.21. The lowest BCUT2D eigenvalue weighted by Crippen LogP contribution is -2.35. The number of nitrogens with zero attached hydrogens (tertiary/aromatic N) is 2. The number of hydrogen-bond acceptors (Lipinski definition) is 3. The molecule has 1 fully saturated rings. The molecule has 0 aromatic carbocycles. The van der Waals surface area contributed by atoms with E-state index in [0.29, 0.717) is 31.0 Å². The van der Waals surface area contributed by atoms with Gasteiger partial charge in [-0.2, -0.15) is 0 Å². The van der Waals surface area contributed by atoms with Crippen LogP contribution in [0.15, 0.2) is 6.07 Å². The second-order valence-corrected chi connectivity index (χ2v) is 5.64. The molecule has 20 heavy (non-hydrogen) atoms. The number of carbonyl (C=O) groups excluding carboxylic acids is 2. The van der Waals surface area contributed by atoms with Gasteiger partial charge in [0, 0.05) is 24.7 Å². The number of Topliss-reactive ketones (excluding diaryl/α,β-unsaturated/α-hetero) is 1. The third-order valence-electron chi connectivity index (χ3n) is 4.32. The van der Waals surface area contributed by atoms with Gasteiger partial charge in [0.2, 0.25) is 0 Å². The Bertz CT molecular complexity index is 562. The third kappa shape index (κ3) is 2.06. The summed E-state index contributed by atoms with van der Waals surface area (Å²) < 4.78 is 7.39. The fourth-order valence-corrected chi connectivity index (χ4v) is 3.19. The molecule has 0 radical (unpaired) electrons. The van der Waals surface area contributed by atoms with Crippen LogP contribution in [0.3, 0.4) is 0 Å². The van der Waals surface area contributed by atoms with Crippen LogP contribution in [0.5, 0.6) is 0 Å². The summed E-state index contributed by atoms with van der Waals surface area (Å²) in [5.74, 6) is 0.0402. The highest BCUT2D eigenvalue weighted by Gasteiger charge is 2.31. The lowest BCUT2D eigenvalue weighted by atomic mass is 10.1. The average molecular weight is 276 g/mol. The summed E-state index contributed by atoms with van der Waals surface area (Å²) in [7, 11) is 0. The van der Waals surface area contributed by atoms with Crippen LogP contribution in [-0.2, 0) is 17.9 Å². The number of hydrogen-bond donors (Lipinski definition) is 0. The van der Waals surface area contributed by atoms with Gasteiger partial charge in [0.1, 0.15) is 5.69 Å². The predicted molar refractivity (Wildman–Crippen MR) is 73.8 cm³/mol. The van der Waals surface area contributed by atoms with Crippen molar-refractivity contribution in [3.05, 3.63) is 23.0 Å². The quantitative estimate of drug-likeness (QED) is 0.775. The van der Waals surface area contributed by atoms with Gasteiger partial charge < -0.3 is 14.2 Å². The Morgan fingerprint density at radius 1 is 1.35 bits per heavy atom. The zero-order valence-corrected chi connectivity index (χ0v) is 12.0. The molecule has 0 spiro atoms. The molecular formula is C15H20N2O3. The Morgan fingerprint density at radius 3 is 2.80 bits per heavy atom. The van der Waals surface area contributed by atoms with Crippen molar-refractivity contribution in [3.63, 3.8) is 0 Å². The van der Waals surface area contributed by atoms with Crippen molar-refractivity contribution < 1.29 is 14.3 Å². The number of rotatable bonds is 2. The summed E-state index contributed by atoms with van der Waals surface area (Å²) in [4.78, 5) is 26.4. The maximum atomic E-state index is 12.7. The monoisotopic (exact) mass is 276 g/mol. The number of aromatic nitrogens is 1. The van der Waals surface area contributed by atoms with Crippen LogP contribution < -0.4 is 0 Å². The van der Waals surface area contributed by atoms with Crippen molar-refractivity contribution in [1.29, 1.82) is 0 Å². The minimum absolute atomic E-state index is 0.00669. The van der Waals surface area contributed by atoms with E-state index < -0.39 is 0 Å². The molecule has 108 valence electrons. The van der Waals surface area contributed by atoms with E-state index >= 15 is 0 Å². The normalized spacial score (nSPS) is 21.9. The number of ether oxygens (including phenoxy) is 1. The molecule has 3 heterocycles. The topological polar surface area (TPSA) is 51.5 Å². The van der Waals surface area contributed by atoms with Crippen molar-refractivity contribution in [2.45, 2.75) is 45.9 Å². The van der Waals surface area contributed by atoms with Gasteiger partial charge in [-0.3, -0.25) is 9.59 Å². The maximum absolute atomic E-state index is 12.7. The van der Waals surface area contributed by atoms with Crippen molar-refractivity contribution in [2.75, 3.05) is 13.2 Å². The molecule has 5 nitrogen and oxygen atoms in total. The highest BCUT2D eigenvalue weighted by Crippen LogP contribution is 2.25. The molecule has 0 unspecified atom stereocenters. The Kier molecular flexibility index (Phi) is 3.38. The number of amides is 1. The molecule has 5 heteroatoms. The summed E-state index contributed by atoms with van der Waals surface area (Å²) in [6.45, 7) is 6.09. The molecule has 1 amide bonds. The molecule has 1 aromatic heterocycles. The van der Waals surface area contributed by atoms with Crippen LogP contribution in [0.4, 0.5) is 0 Å². The summed E-state index contributed by atoms with van der Waals surface area (Å²) in [5.41, 5.74) is 2.11. The van der Waals surface area contributed by atoms with Gasteiger partial charge >= 0.3 is 0 Å². The van der Waals surface area contributed by atoms with E-state index in [1.807, 2.05) is 9.47 Å². The first-order chi connectivity index (χ1) is 9.59. The van der Waals surface area contributed by atoms with E-state index in [2.05, 4.69) is 6.92 Å². The lowest BCUT2D eigenvalue weighted by molar-refractivity contribution is 0.0685. The van der Waals surface area contributed by atoms with E-state index in [1.165, 1.54) is 6.92 Å². The molecule has 2 aliphatic heterocycles. The van der Waals surface area contributed by atoms with Crippen LogP contribution in [0.2, 0.25) is 0 Å². The van der Waals surface area contributed by atoms with Gasteiger partial charge in [-0.15, -0.1) is 0 Å². The van der Waals surface area contributed by atoms with E-state index in [9.17, 15) is 9.59 Å². The Labute approximate surface area is 118 Å². The molecule has 1 atom stereocenters. The second kappa shape index (κ2) is 5.05. The fourth-order valence-electron chi connectivity index (χ4n) is 3.19. The molecule has 0 bridgehead atoms. The Hall–Kier alpha value is -1.62. The zero-order chi connectivity index (χ0) is 14.3. The number of ketones is 1. The third-order valence-corrected chi connectivity index (χ3v) is 4.32. The van der Waals surface area contributed by atoms with Crippen LogP contribution >= 0.6 is 0 Å². The van der Waals surface area contributed by atoms with Crippen LogP contribution in [0, 0.1) is 0 Å². The van der Waals surface area contributed by atoms with Crippen molar-refractivity contribution in [1.82, 2.24) is 9.47 Å². The largest absolute Gasteiger partial charge is 0.373 e. The van der Waals surface area contributed by atoms with Crippen molar-refractivity contribution >= 4 is 11.7 Å². The molecule has 0 saturated carbocycles. The van der Waals surface area contributed by atoms with Crippen molar-refractivity contribution in [2.24, 2.45) is 0 Å². The molecule has 3 rings (SSSR count). The van der Waals surface area contributed by atoms with Gasteiger partial charge in [-0.1, -0.05) is 0 Å². The van der Waals surface area contributed by atoms with Crippen LogP contribution in [-0.4, -0.2) is 40.4 Å². The molecule has 0 N–H and O–H groups in total. The van der Waals surface area contributed by atoms with E-state index in [1.54, 1.807) is 6.07 Å². The Morgan fingerprint density at radius 2 is 2.15 bits per heavy atom. The highest BCUT2D eigenvalue weighted by molar-refractivity contribution is 6.00. The number of fused-ring (bicyclic) bond motifs is 1. The van der Waals surface area contributed by atoms with Gasteiger partial charge in [-0.05, 0) is 32.8 Å². The predicted octanol–water partition coefficient (Wildman–Crippen LogP) is 1.85. The number of carbonyl (C=O) groups is 2. The first-order valence-electron chi connectivity index (χ1n) is 7.21. The number of likely N-dealkylation sites (tertiary alicyclic amines) is 1. The summed E-state index contributed by atoms with van der Waals surface area (Å²) in [5, 5.41) is 0. The summed E-state index contributed by atoms with van der Waals surface area (Å²) >= 11 is 0. The molecule has 1 saturated heterocycles. The summed E-state index contributed by atoms with van der Waals surface area (Å²) in [6, 6.07) is 2.04. The minimum atomic E-state index is -0.00669.